The van der Waals surface area contributed by atoms with E-state index in [2.05, 4.69) is 100 Å². The van der Waals surface area contributed by atoms with E-state index in [0.29, 0.717) is 0 Å². The first-order valence-corrected chi connectivity index (χ1v) is 8.34. The Morgan fingerprint density at radius 2 is 1.13 bits per heavy atom. The number of rotatable bonds is 2. The summed E-state index contributed by atoms with van der Waals surface area (Å²) in [5.74, 6) is 0. The van der Waals surface area contributed by atoms with Gasteiger partial charge < -0.3 is 0 Å². The van der Waals surface area contributed by atoms with Gasteiger partial charge in [0.05, 0.1) is 0 Å². The molecule has 0 saturated heterocycles. The van der Waals surface area contributed by atoms with Crippen LogP contribution in [-0.2, 0) is 0 Å². The molecular weight excluding hydrogens is 295 g/mol. The lowest BCUT2D eigenvalue weighted by Gasteiger charge is -2.16. The van der Waals surface area contributed by atoms with E-state index in [1.807, 2.05) is 0 Å². The van der Waals surface area contributed by atoms with Crippen LogP contribution in [0.25, 0.3) is 33.0 Å². The summed E-state index contributed by atoms with van der Waals surface area (Å²) in [5.41, 5.74) is 5.07. The lowest BCUT2D eigenvalue weighted by atomic mass is 9.91. The number of benzene rings is 4. The van der Waals surface area contributed by atoms with Crippen LogP contribution in [0.1, 0.15) is 0 Å². The van der Waals surface area contributed by atoms with Gasteiger partial charge in [-0.1, -0.05) is 84.9 Å². The third-order valence-corrected chi connectivity index (χ3v) is 4.84. The van der Waals surface area contributed by atoms with Gasteiger partial charge in [0.25, 0.3) is 0 Å². The quantitative estimate of drug-likeness (QED) is 0.418. The highest BCUT2D eigenvalue weighted by atomic mass is 31.0. The largest absolute Gasteiger partial charge is 0.104 e. The van der Waals surface area contributed by atoms with E-state index in [0.717, 1.165) is 0 Å². The maximum atomic E-state index is 2.96. The van der Waals surface area contributed by atoms with Gasteiger partial charge in [-0.2, -0.15) is 0 Å². The van der Waals surface area contributed by atoms with Crippen molar-refractivity contribution in [1.82, 2.24) is 0 Å². The van der Waals surface area contributed by atoms with Crippen molar-refractivity contribution < 1.29 is 0 Å². The molecule has 0 saturated carbocycles. The Morgan fingerprint density at radius 3 is 1.83 bits per heavy atom. The van der Waals surface area contributed by atoms with E-state index in [4.69, 9.17) is 0 Å². The Hall–Kier alpha value is -2.43. The number of fused-ring (bicyclic) bond motifs is 1. The minimum atomic E-state index is 1.25. The van der Waals surface area contributed by atoms with Crippen LogP contribution in [0.2, 0.25) is 0 Å². The van der Waals surface area contributed by atoms with Crippen LogP contribution < -0.4 is 5.30 Å². The molecule has 110 valence electrons. The van der Waals surface area contributed by atoms with Gasteiger partial charge in [-0.25, -0.2) is 0 Å². The number of hydrogen-bond donors (Lipinski definition) is 0. The monoisotopic (exact) mass is 312 g/mol. The normalized spacial score (nSPS) is 10.8. The van der Waals surface area contributed by atoms with Gasteiger partial charge in [-0.05, 0) is 44.4 Å². The first-order valence-electron chi connectivity index (χ1n) is 7.76. The van der Waals surface area contributed by atoms with Crippen molar-refractivity contribution in [1.29, 1.82) is 0 Å². The first kappa shape index (κ1) is 14.2. The fourth-order valence-corrected chi connectivity index (χ4v) is 3.72. The molecule has 0 aliphatic heterocycles. The standard InChI is InChI=1S/C22H17P/c23-22-19-14-8-7-13-18(19)15-20(16-9-3-1-4-10-16)21(22)17-11-5-2-6-12-17/h1-15H,23H2. The minimum Gasteiger partial charge on any atom is -0.104 e. The summed E-state index contributed by atoms with van der Waals surface area (Å²) in [5, 5.41) is 3.82. The molecule has 1 atom stereocenters. The van der Waals surface area contributed by atoms with E-state index in [9.17, 15) is 0 Å². The van der Waals surface area contributed by atoms with Crippen LogP contribution in [0.3, 0.4) is 0 Å². The molecule has 0 heterocycles. The highest BCUT2D eigenvalue weighted by Crippen LogP contribution is 2.35. The Labute approximate surface area is 139 Å². The predicted octanol–water partition coefficient (Wildman–Crippen LogP) is 5.67. The van der Waals surface area contributed by atoms with Crippen LogP contribution in [0.15, 0.2) is 91.0 Å². The van der Waals surface area contributed by atoms with Crippen LogP contribution >= 0.6 is 9.24 Å². The maximum Gasteiger partial charge on any atom is -0.00273 e. The molecular formula is C22H17P. The molecule has 4 aromatic carbocycles. The molecule has 1 heteroatoms. The average Bonchev–Trinajstić information content (AvgIpc) is 2.63. The third-order valence-electron chi connectivity index (χ3n) is 4.24. The van der Waals surface area contributed by atoms with Crippen LogP contribution in [0, 0.1) is 0 Å². The second kappa shape index (κ2) is 5.99. The topological polar surface area (TPSA) is 0 Å². The smallest absolute Gasteiger partial charge is 0.00273 e. The molecule has 1 unspecified atom stereocenters. The third kappa shape index (κ3) is 2.56. The molecule has 0 spiro atoms. The zero-order valence-electron chi connectivity index (χ0n) is 12.7. The molecule has 0 nitrogen and oxygen atoms in total. The molecule has 0 aliphatic rings. The van der Waals surface area contributed by atoms with Crippen molar-refractivity contribution in [2.24, 2.45) is 0 Å². The van der Waals surface area contributed by atoms with E-state index in [-0.39, 0.29) is 0 Å². The summed E-state index contributed by atoms with van der Waals surface area (Å²) in [7, 11) is 2.96. The van der Waals surface area contributed by atoms with Gasteiger partial charge in [0.1, 0.15) is 0 Å². The molecule has 0 N–H and O–H groups in total. The summed E-state index contributed by atoms with van der Waals surface area (Å²) >= 11 is 0. The molecule has 0 aromatic heterocycles. The first-order chi connectivity index (χ1) is 11.3. The van der Waals surface area contributed by atoms with Crippen molar-refractivity contribution in [3.63, 3.8) is 0 Å². The lowest BCUT2D eigenvalue weighted by molar-refractivity contribution is 1.62. The summed E-state index contributed by atoms with van der Waals surface area (Å²) in [6, 6.07) is 32.1. The Morgan fingerprint density at radius 1 is 0.565 bits per heavy atom. The lowest BCUT2D eigenvalue weighted by Crippen LogP contribution is -2.02. The Kier molecular flexibility index (Phi) is 3.69. The Bertz CT molecular complexity index is 957. The molecule has 4 aromatic rings. The van der Waals surface area contributed by atoms with Crippen molar-refractivity contribution in [3.05, 3.63) is 91.0 Å². The minimum absolute atomic E-state index is 1.25. The maximum absolute atomic E-state index is 2.96. The van der Waals surface area contributed by atoms with Gasteiger partial charge in [-0.15, -0.1) is 9.24 Å². The molecule has 23 heavy (non-hydrogen) atoms. The molecule has 0 radical (unpaired) electrons. The molecule has 4 rings (SSSR count). The van der Waals surface area contributed by atoms with Crippen LogP contribution in [0.5, 0.6) is 0 Å². The summed E-state index contributed by atoms with van der Waals surface area (Å²) in [6.45, 7) is 0. The predicted molar refractivity (Wildman–Crippen MR) is 104 cm³/mol. The molecule has 0 aliphatic carbocycles. The second-order valence-electron chi connectivity index (χ2n) is 5.67. The molecule has 0 bridgehead atoms. The molecule has 0 amide bonds. The van der Waals surface area contributed by atoms with E-state index < -0.39 is 0 Å². The van der Waals surface area contributed by atoms with Crippen molar-refractivity contribution >= 4 is 25.3 Å². The number of hydrogen-bond acceptors (Lipinski definition) is 0. The van der Waals surface area contributed by atoms with Crippen LogP contribution in [0.4, 0.5) is 0 Å². The second-order valence-corrected chi connectivity index (χ2v) is 6.24. The SMILES string of the molecule is Pc1c(-c2ccccc2)c(-c2ccccc2)cc2ccccc12. The van der Waals surface area contributed by atoms with E-state index in [1.54, 1.807) is 0 Å². The summed E-state index contributed by atoms with van der Waals surface area (Å²) in [4.78, 5) is 0. The van der Waals surface area contributed by atoms with Gasteiger partial charge in [0.15, 0.2) is 0 Å². The van der Waals surface area contributed by atoms with Gasteiger partial charge in [0, 0.05) is 0 Å². The fourth-order valence-electron chi connectivity index (χ4n) is 3.14. The summed E-state index contributed by atoms with van der Waals surface area (Å²) < 4.78 is 0. The summed E-state index contributed by atoms with van der Waals surface area (Å²) in [6.07, 6.45) is 0. The fraction of sp³-hybridized carbons (Fsp3) is 0. The Balaban J connectivity index is 2.11. The highest BCUT2D eigenvalue weighted by Gasteiger charge is 2.13. The van der Waals surface area contributed by atoms with Crippen molar-refractivity contribution in [2.45, 2.75) is 0 Å². The van der Waals surface area contributed by atoms with E-state index >= 15 is 0 Å². The van der Waals surface area contributed by atoms with Crippen LogP contribution in [-0.4, -0.2) is 0 Å². The highest BCUT2D eigenvalue weighted by molar-refractivity contribution is 7.29. The van der Waals surface area contributed by atoms with Gasteiger partial charge in [0.2, 0.25) is 0 Å². The zero-order valence-corrected chi connectivity index (χ0v) is 13.9. The zero-order chi connectivity index (χ0) is 15.6. The van der Waals surface area contributed by atoms with Crippen molar-refractivity contribution in [2.75, 3.05) is 0 Å². The van der Waals surface area contributed by atoms with Crippen molar-refractivity contribution in [3.8, 4) is 22.3 Å². The van der Waals surface area contributed by atoms with Gasteiger partial charge in [-0.3, -0.25) is 0 Å². The average molecular weight is 312 g/mol. The van der Waals surface area contributed by atoms with Gasteiger partial charge >= 0.3 is 0 Å². The van der Waals surface area contributed by atoms with E-state index in [1.165, 1.54) is 38.3 Å². The molecule has 0 fully saturated rings.